The van der Waals surface area contributed by atoms with Crippen LogP contribution >= 0.6 is 0 Å². The second-order valence-corrected chi connectivity index (χ2v) is 12.1. The molecule has 11 heteroatoms. The number of hydrogen-bond acceptors (Lipinski definition) is 9. The highest BCUT2D eigenvalue weighted by molar-refractivity contribution is 5.90. The lowest BCUT2D eigenvalue weighted by molar-refractivity contribution is -0.253. The number of nitrogens with one attached hydrogen (secondary N) is 2. The van der Waals surface area contributed by atoms with Crippen LogP contribution in [-0.2, 0) is 38.6 Å². The van der Waals surface area contributed by atoms with Gasteiger partial charge in [-0.25, -0.2) is 5.48 Å². The molecule has 2 amide bonds. The van der Waals surface area contributed by atoms with Crippen molar-refractivity contribution < 1.29 is 38.9 Å². The Morgan fingerprint density at radius 1 is 0.872 bits per heavy atom. The number of benzene rings is 3. The molecule has 252 valence electrons. The van der Waals surface area contributed by atoms with Crippen LogP contribution < -0.4 is 20.3 Å². The maximum atomic E-state index is 12.5. The molecule has 2 aliphatic heterocycles. The summed E-state index contributed by atoms with van der Waals surface area (Å²) in [6.45, 7) is 2.40. The van der Waals surface area contributed by atoms with Gasteiger partial charge in [0, 0.05) is 50.1 Å². The van der Waals surface area contributed by atoms with E-state index in [-0.39, 0.29) is 31.1 Å². The molecule has 3 aromatic rings. The van der Waals surface area contributed by atoms with Crippen molar-refractivity contribution in [1.82, 2.24) is 10.4 Å². The number of carbonyl (C=O) groups excluding carboxylic acids is 2. The minimum absolute atomic E-state index is 0.0144. The number of amides is 2. The SMILES string of the molecule is COc1cc2c(cc1OC)CN(CC1CC(c3ccc(CO)cc3)OC(c3ccc(NC(=O)CCCCCC(=O)NO)cc3)O1)CC2. The summed E-state index contributed by atoms with van der Waals surface area (Å²) in [5, 5.41) is 21.0. The first-order valence-electron chi connectivity index (χ1n) is 16.2. The van der Waals surface area contributed by atoms with Gasteiger partial charge in [0.1, 0.15) is 0 Å². The average molecular weight is 648 g/mol. The fourth-order valence-corrected chi connectivity index (χ4v) is 6.17. The second kappa shape index (κ2) is 16.7. The quantitative estimate of drug-likeness (QED) is 0.106. The number of anilines is 1. The molecule has 2 heterocycles. The lowest BCUT2D eigenvalue weighted by atomic mass is 9.97. The monoisotopic (exact) mass is 647 g/mol. The molecule has 0 spiro atoms. The first kappa shape index (κ1) is 34.3. The number of unbranched alkanes of at least 4 members (excludes halogenated alkanes) is 2. The van der Waals surface area contributed by atoms with Crippen LogP contribution in [-0.4, -0.2) is 60.4 Å². The van der Waals surface area contributed by atoms with E-state index in [0.29, 0.717) is 37.8 Å². The van der Waals surface area contributed by atoms with E-state index in [9.17, 15) is 14.7 Å². The topological polar surface area (TPSA) is 139 Å². The number of fused-ring (bicyclic) bond motifs is 1. The summed E-state index contributed by atoms with van der Waals surface area (Å²) in [6, 6.07) is 19.5. The van der Waals surface area contributed by atoms with Gasteiger partial charge in [0.25, 0.3) is 0 Å². The third-order valence-corrected chi connectivity index (χ3v) is 8.77. The van der Waals surface area contributed by atoms with Gasteiger partial charge < -0.3 is 29.4 Å². The molecule has 5 rings (SSSR count). The maximum absolute atomic E-state index is 12.5. The molecule has 2 aliphatic rings. The van der Waals surface area contributed by atoms with E-state index < -0.39 is 12.2 Å². The lowest BCUT2D eigenvalue weighted by Crippen LogP contribution is -2.41. The molecule has 1 saturated heterocycles. The smallest absolute Gasteiger partial charge is 0.243 e. The lowest BCUT2D eigenvalue weighted by Gasteiger charge is -2.39. The van der Waals surface area contributed by atoms with E-state index >= 15 is 0 Å². The standard InChI is InChI=1S/C36H45N3O8/c1-44-32-18-27-16-17-39(21-28(27)19-33(32)45-2)22-30-20-31(25-10-8-24(23-40)9-11-25)47-36(46-30)26-12-14-29(15-13-26)37-34(41)6-4-3-5-7-35(42)38-43/h8-15,18-19,30-31,36,40,43H,3-7,16-17,20-23H2,1-2H3,(H,37,41)(H,38,42). The summed E-state index contributed by atoms with van der Waals surface area (Å²) in [7, 11) is 3.31. The van der Waals surface area contributed by atoms with Gasteiger partial charge in [-0.15, -0.1) is 0 Å². The number of aliphatic hydroxyl groups excluding tert-OH is 1. The molecule has 47 heavy (non-hydrogen) atoms. The van der Waals surface area contributed by atoms with Crippen molar-refractivity contribution in [1.29, 1.82) is 0 Å². The summed E-state index contributed by atoms with van der Waals surface area (Å²) < 4.78 is 24.2. The van der Waals surface area contributed by atoms with E-state index in [4.69, 9.17) is 24.2 Å². The maximum Gasteiger partial charge on any atom is 0.243 e. The number of hydroxylamine groups is 1. The number of nitrogens with zero attached hydrogens (tertiary/aromatic N) is 1. The predicted molar refractivity (Wildman–Crippen MR) is 175 cm³/mol. The second-order valence-electron chi connectivity index (χ2n) is 12.1. The number of aliphatic hydroxyl groups is 1. The zero-order chi connectivity index (χ0) is 33.2. The predicted octanol–water partition coefficient (Wildman–Crippen LogP) is 5.19. The van der Waals surface area contributed by atoms with Crippen molar-refractivity contribution in [2.45, 2.75) is 76.6 Å². The Balaban J connectivity index is 1.23. The Morgan fingerprint density at radius 3 is 2.19 bits per heavy atom. The number of methoxy groups -OCH3 is 2. The van der Waals surface area contributed by atoms with Crippen molar-refractivity contribution in [3.8, 4) is 11.5 Å². The number of ether oxygens (including phenoxy) is 4. The zero-order valence-corrected chi connectivity index (χ0v) is 27.1. The van der Waals surface area contributed by atoms with Crippen molar-refractivity contribution in [2.75, 3.05) is 32.6 Å². The fourth-order valence-electron chi connectivity index (χ4n) is 6.17. The minimum atomic E-state index is -0.599. The van der Waals surface area contributed by atoms with E-state index in [1.54, 1.807) is 19.7 Å². The van der Waals surface area contributed by atoms with Crippen LogP contribution in [0.15, 0.2) is 60.7 Å². The molecule has 1 fully saturated rings. The molecular formula is C36H45N3O8. The molecule has 0 saturated carbocycles. The van der Waals surface area contributed by atoms with Gasteiger partial charge in [-0.05, 0) is 65.8 Å². The first-order chi connectivity index (χ1) is 22.9. The van der Waals surface area contributed by atoms with Gasteiger partial charge in [-0.3, -0.25) is 19.7 Å². The van der Waals surface area contributed by atoms with E-state index in [1.807, 2.05) is 48.5 Å². The van der Waals surface area contributed by atoms with Gasteiger partial charge in [-0.2, -0.15) is 0 Å². The Kier molecular flexibility index (Phi) is 12.2. The molecular weight excluding hydrogens is 602 g/mol. The average Bonchev–Trinajstić information content (AvgIpc) is 3.10. The molecule has 11 nitrogen and oxygen atoms in total. The number of rotatable bonds is 14. The highest BCUT2D eigenvalue weighted by atomic mass is 16.7. The summed E-state index contributed by atoms with van der Waals surface area (Å²) >= 11 is 0. The van der Waals surface area contributed by atoms with E-state index in [1.165, 1.54) is 11.1 Å². The Hall–Kier alpha value is -4.00. The molecule has 3 unspecified atom stereocenters. The molecule has 0 bridgehead atoms. The summed E-state index contributed by atoms with van der Waals surface area (Å²) in [5.41, 5.74) is 7.52. The zero-order valence-electron chi connectivity index (χ0n) is 27.1. The van der Waals surface area contributed by atoms with Gasteiger partial charge >= 0.3 is 0 Å². The largest absolute Gasteiger partial charge is 0.493 e. The Morgan fingerprint density at radius 2 is 1.53 bits per heavy atom. The Labute approximate surface area is 275 Å². The van der Waals surface area contributed by atoms with Gasteiger partial charge in [-0.1, -0.05) is 42.8 Å². The van der Waals surface area contributed by atoms with E-state index in [0.717, 1.165) is 54.2 Å². The van der Waals surface area contributed by atoms with Crippen molar-refractivity contribution >= 4 is 17.5 Å². The molecule has 0 aromatic heterocycles. The minimum Gasteiger partial charge on any atom is -0.493 e. The fraction of sp³-hybridized carbons (Fsp3) is 0.444. The van der Waals surface area contributed by atoms with Crippen LogP contribution in [0.25, 0.3) is 0 Å². The van der Waals surface area contributed by atoms with Crippen LogP contribution in [0, 0.1) is 0 Å². The molecule has 4 N–H and O–H groups in total. The molecule has 3 atom stereocenters. The van der Waals surface area contributed by atoms with Gasteiger partial charge in [0.05, 0.1) is 33.0 Å². The van der Waals surface area contributed by atoms with Crippen LogP contribution in [0.2, 0.25) is 0 Å². The first-order valence-corrected chi connectivity index (χ1v) is 16.2. The summed E-state index contributed by atoms with van der Waals surface area (Å²) in [4.78, 5) is 26.0. The summed E-state index contributed by atoms with van der Waals surface area (Å²) in [6.07, 6.45) is 3.25. The van der Waals surface area contributed by atoms with Crippen molar-refractivity contribution in [3.05, 3.63) is 88.5 Å². The normalized spacial score (nSPS) is 19.4. The van der Waals surface area contributed by atoms with Crippen molar-refractivity contribution in [2.24, 2.45) is 0 Å². The summed E-state index contributed by atoms with van der Waals surface area (Å²) in [5.74, 6) is 0.960. The Bertz CT molecular complexity index is 1480. The van der Waals surface area contributed by atoms with Gasteiger partial charge in [0.15, 0.2) is 17.8 Å². The molecule has 3 aromatic carbocycles. The van der Waals surface area contributed by atoms with Crippen LogP contribution in [0.1, 0.15) is 78.7 Å². The van der Waals surface area contributed by atoms with Crippen LogP contribution in [0.5, 0.6) is 11.5 Å². The van der Waals surface area contributed by atoms with Crippen LogP contribution in [0.3, 0.4) is 0 Å². The highest BCUT2D eigenvalue weighted by Crippen LogP contribution is 2.39. The number of hydrogen-bond donors (Lipinski definition) is 4. The third-order valence-electron chi connectivity index (χ3n) is 8.77. The van der Waals surface area contributed by atoms with Gasteiger partial charge in [0.2, 0.25) is 11.8 Å². The third kappa shape index (κ3) is 9.30. The van der Waals surface area contributed by atoms with Crippen LogP contribution in [0.4, 0.5) is 5.69 Å². The van der Waals surface area contributed by atoms with Crippen molar-refractivity contribution in [3.63, 3.8) is 0 Å². The molecule has 0 aliphatic carbocycles. The molecule has 0 radical (unpaired) electrons. The van der Waals surface area contributed by atoms with E-state index in [2.05, 4.69) is 22.3 Å². The number of carbonyl (C=O) groups is 2. The highest BCUT2D eigenvalue weighted by Gasteiger charge is 2.34.